The first-order valence-electron chi connectivity index (χ1n) is 6.23. The highest BCUT2D eigenvalue weighted by Crippen LogP contribution is 2.25. The molecular formula is C14H21F2N. The predicted octanol–water partition coefficient (Wildman–Crippen LogP) is 4.05. The van der Waals surface area contributed by atoms with Crippen LogP contribution in [0.3, 0.4) is 0 Å². The third kappa shape index (κ3) is 4.08. The first-order chi connectivity index (χ1) is 8.06. The van der Waals surface area contributed by atoms with Gasteiger partial charge in [-0.3, -0.25) is 0 Å². The summed E-state index contributed by atoms with van der Waals surface area (Å²) in [4.78, 5) is 0. The van der Waals surface area contributed by atoms with E-state index in [1.54, 1.807) is 0 Å². The molecule has 3 heteroatoms. The van der Waals surface area contributed by atoms with Gasteiger partial charge in [0.05, 0.1) is 0 Å². The maximum absolute atomic E-state index is 13.7. The molecule has 0 aliphatic heterocycles. The minimum atomic E-state index is -0.459. The van der Waals surface area contributed by atoms with E-state index in [-0.39, 0.29) is 11.6 Å². The van der Waals surface area contributed by atoms with E-state index >= 15 is 0 Å². The molecule has 1 nitrogen and oxygen atoms in total. The molecule has 0 heterocycles. The third-order valence-electron chi connectivity index (χ3n) is 2.83. The zero-order valence-corrected chi connectivity index (χ0v) is 10.8. The first kappa shape index (κ1) is 14.1. The van der Waals surface area contributed by atoms with Gasteiger partial charge in [0.15, 0.2) is 0 Å². The normalized spacial score (nSPS) is 13.1. The summed E-state index contributed by atoms with van der Waals surface area (Å²) in [6.07, 6.45) is 1.70. The van der Waals surface area contributed by atoms with Crippen molar-refractivity contribution in [1.29, 1.82) is 0 Å². The molecular weight excluding hydrogens is 220 g/mol. The fraction of sp³-hybridized carbons (Fsp3) is 0.571. The number of halogens is 2. The Morgan fingerprint density at radius 1 is 1.12 bits per heavy atom. The highest BCUT2D eigenvalue weighted by molar-refractivity contribution is 5.23. The van der Waals surface area contributed by atoms with Crippen LogP contribution in [0.15, 0.2) is 18.2 Å². The van der Waals surface area contributed by atoms with Crippen molar-refractivity contribution in [3.8, 4) is 0 Å². The molecule has 0 saturated carbocycles. The van der Waals surface area contributed by atoms with Crippen molar-refractivity contribution in [3.63, 3.8) is 0 Å². The van der Waals surface area contributed by atoms with Crippen molar-refractivity contribution in [1.82, 2.24) is 5.32 Å². The zero-order chi connectivity index (χ0) is 12.8. The highest BCUT2D eigenvalue weighted by atomic mass is 19.1. The Morgan fingerprint density at radius 3 is 2.18 bits per heavy atom. The minimum absolute atomic E-state index is 0.176. The van der Waals surface area contributed by atoms with Crippen LogP contribution in [0.5, 0.6) is 0 Å². The Balaban J connectivity index is 2.88. The van der Waals surface area contributed by atoms with Gasteiger partial charge in [-0.2, -0.15) is 0 Å². The van der Waals surface area contributed by atoms with Gasteiger partial charge in [0.1, 0.15) is 11.6 Å². The van der Waals surface area contributed by atoms with Crippen molar-refractivity contribution >= 4 is 0 Å². The molecule has 0 aromatic heterocycles. The van der Waals surface area contributed by atoms with Crippen LogP contribution in [0.1, 0.15) is 45.2 Å². The second-order valence-corrected chi connectivity index (χ2v) is 4.72. The van der Waals surface area contributed by atoms with Crippen LogP contribution in [0.2, 0.25) is 0 Å². The SMILES string of the molecule is CCNC(CCC(C)C)c1c(F)cccc1F. The number of hydrogen-bond acceptors (Lipinski definition) is 1. The molecule has 1 aromatic rings. The number of nitrogens with one attached hydrogen (secondary N) is 1. The summed E-state index contributed by atoms with van der Waals surface area (Å²) in [6.45, 7) is 6.87. The largest absolute Gasteiger partial charge is 0.310 e. The molecule has 17 heavy (non-hydrogen) atoms. The van der Waals surface area contributed by atoms with Crippen LogP contribution in [-0.4, -0.2) is 6.54 Å². The lowest BCUT2D eigenvalue weighted by Crippen LogP contribution is -2.23. The molecule has 1 aromatic carbocycles. The second kappa shape index (κ2) is 6.70. The standard InChI is InChI=1S/C14H21F2N/c1-4-17-13(9-8-10(2)3)14-11(15)6-5-7-12(14)16/h5-7,10,13,17H,4,8-9H2,1-3H3. The number of rotatable bonds is 6. The summed E-state index contributed by atoms with van der Waals surface area (Å²) in [5, 5.41) is 3.16. The number of benzene rings is 1. The molecule has 0 aliphatic carbocycles. The van der Waals surface area contributed by atoms with Gasteiger partial charge in [-0.25, -0.2) is 8.78 Å². The smallest absolute Gasteiger partial charge is 0.130 e. The molecule has 0 saturated heterocycles. The van der Waals surface area contributed by atoms with Crippen LogP contribution >= 0.6 is 0 Å². The van der Waals surface area contributed by atoms with Crippen molar-refractivity contribution in [2.45, 2.75) is 39.7 Å². The van der Waals surface area contributed by atoms with Crippen molar-refractivity contribution in [3.05, 3.63) is 35.4 Å². The summed E-state index contributed by atoms with van der Waals surface area (Å²) in [7, 11) is 0. The molecule has 0 bridgehead atoms. The molecule has 0 amide bonds. The molecule has 1 rings (SSSR count). The van der Waals surface area contributed by atoms with E-state index in [0.29, 0.717) is 12.5 Å². The van der Waals surface area contributed by atoms with Gasteiger partial charge in [0.25, 0.3) is 0 Å². The van der Waals surface area contributed by atoms with Crippen LogP contribution in [0.4, 0.5) is 8.78 Å². The average molecular weight is 241 g/mol. The van der Waals surface area contributed by atoms with E-state index in [2.05, 4.69) is 19.2 Å². The predicted molar refractivity (Wildman–Crippen MR) is 66.8 cm³/mol. The van der Waals surface area contributed by atoms with Crippen LogP contribution in [0.25, 0.3) is 0 Å². The van der Waals surface area contributed by atoms with Crippen molar-refractivity contribution in [2.24, 2.45) is 5.92 Å². The van der Waals surface area contributed by atoms with Gasteiger partial charge in [-0.15, -0.1) is 0 Å². The Hall–Kier alpha value is -0.960. The fourth-order valence-electron chi connectivity index (χ4n) is 1.94. The third-order valence-corrected chi connectivity index (χ3v) is 2.83. The molecule has 1 N–H and O–H groups in total. The van der Waals surface area contributed by atoms with Gasteiger partial charge in [0.2, 0.25) is 0 Å². The molecule has 0 fully saturated rings. The average Bonchev–Trinajstić information content (AvgIpc) is 2.25. The summed E-state index contributed by atoms with van der Waals surface area (Å²) < 4.78 is 27.3. The van der Waals surface area contributed by atoms with E-state index in [1.165, 1.54) is 18.2 Å². The molecule has 1 atom stereocenters. The van der Waals surface area contributed by atoms with E-state index in [0.717, 1.165) is 12.8 Å². The topological polar surface area (TPSA) is 12.0 Å². The van der Waals surface area contributed by atoms with Crippen LogP contribution in [-0.2, 0) is 0 Å². The van der Waals surface area contributed by atoms with Gasteiger partial charge in [-0.05, 0) is 37.4 Å². The van der Waals surface area contributed by atoms with Gasteiger partial charge >= 0.3 is 0 Å². The maximum Gasteiger partial charge on any atom is 0.130 e. The minimum Gasteiger partial charge on any atom is -0.310 e. The van der Waals surface area contributed by atoms with Crippen molar-refractivity contribution in [2.75, 3.05) is 6.54 Å². The Labute approximate surface area is 102 Å². The Kier molecular flexibility index (Phi) is 5.56. The second-order valence-electron chi connectivity index (χ2n) is 4.72. The molecule has 0 spiro atoms. The summed E-state index contributed by atoms with van der Waals surface area (Å²) in [5.41, 5.74) is 0.176. The summed E-state index contributed by atoms with van der Waals surface area (Å²) in [6, 6.07) is 3.80. The fourth-order valence-corrected chi connectivity index (χ4v) is 1.94. The van der Waals surface area contributed by atoms with Gasteiger partial charge < -0.3 is 5.32 Å². The van der Waals surface area contributed by atoms with E-state index in [1.807, 2.05) is 6.92 Å². The van der Waals surface area contributed by atoms with E-state index in [9.17, 15) is 8.78 Å². The maximum atomic E-state index is 13.7. The highest BCUT2D eigenvalue weighted by Gasteiger charge is 2.19. The lowest BCUT2D eigenvalue weighted by Gasteiger charge is -2.20. The lowest BCUT2D eigenvalue weighted by molar-refractivity contribution is 0.416. The molecule has 0 radical (unpaired) electrons. The first-order valence-corrected chi connectivity index (χ1v) is 6.23. The zero-order valence-electron chi connectivity index (χ0n) is 10.8. The van der Waals surface area contributed by atoms with Gasteiger partial charge in [-0.1, -0.05) is 26.8 Å². The summed E-state index contributed by atoms with van der Waals surface area (Å²) >= 11 is 0. The Bertz CT molecular complexity index is 330. The van der Waals surface area contributed by atoms with Crippen molar-refractivity contribution < 1.29 is 8.78 Å². The molecule has 96 valence electrons. The monoisotopic (exact) mass is 241 g/mol. The summed E-state index contributed by atoms with van der Waals surface area (Å²) in [5.74, 6) is -0.384. The quantitative estimate of drug-likeness (QED) is 0.792. The molecule has 0 aliphatic rings. The number of hydrogen-bond donors (Lipinski definition) is 1. The van der Waals surface area contributed by atoms with E-state index in [4.69, 9.17) is 0 Å². The van der Waals surface area contributed by atoms with Crippen LogP contribution < -0.4 is 5.32 Å². The lowest BCUT2D eigenvalue weighted by atomic mass is 9.97. The van der Waals surface area contributed by atoms with E-state index < -0.39 is 11.6 Å². The van der Waals surface area contributed by atoms with Gasteiger partial charge in [0, 0.05) is 11.6 Å². The van der Waals surface area contributed by atoms with Crippen LogP contribution in [0, 0.1) is 17.6 Å². The Morgan fingerprint density at radius 2 is 1.71 bits per heavy atom. The molecule has 1 unspecified atom stereocenters.